The Balaban J connectivity index is 2.02. The molecule has 0 saturated heterocycles. The molecule has 1 heterocycles. The number of hydrogen-bond acceptors (Lipinski definition) is 5. The van der Waals surface area contributed by atoms with Crippen LogP contribution in [-0.2, 0) is 9.53 Å². The largest absolute Gasteiger partial charge is 0.383 e. The SMILES string of the molecule is CCC1CN=C(NCCC(=O)NCCOC)S1. The second-order valence-electron chi connectivity index (χ2n) is 3.81. The third kappa shape index (κ3) is 5.93. The van der Waals surface area contributed by atoms with E-state index < -0.39 is 0 Å². The number of nitrogens with one attached hydrogen (secondary N) is 2. The number of nitrogens with zero attached hydrogens (tertiary/aromatic N) is 1. The van der Waals surface area contributed by atoms with Crippen LogP contribution in [0.1, 0.15) is 19.8 Å². The summed E-state index contributed by atoms with van der Waals surface area (Å²) in [5, 5.41) is 7.54. The maximum Gasteiger partial charge on any atom is 0.221 e. The van der Waals surface area contributed by atoms with Crippen molar-refractivity contribution in [2.45, 2.75) is 25.0 Å². The van der Waals surface area contributed by atoms with Crippen molar-refractivity contribution in [2.75, 3.05) is 33.4 Å². The van der Waals surface area contributed by atoms with Crippen molar-refractivity contribution >= 4 is 22.8 Å². The highest BCUT2D eigenvalue weighted by Crippen LogP contribution is 2.21. The summed E-state index contributed by atoms with van der Waals surface area (Å²) in [4.78, 5) is 15.7. The predicted octanol–water partition coefficient (Wildman–Crippen LogP) is 0.610. The summed E-state index contributed by atoms with van der Waals surface area (Å²) in [6, 6.07) is 0. The molecule has 1 unspecified atom stereocenters. The number of aliphatic imine (C=N–C) groups is 1. The molecule has 1 aliphatic heterocycles. The Morgan fingerprint density at radius 2 is 2.41 bits per heavy atom. The summed E-state index contributed by atoms with van der Waals surface area (Å²) in [6.45, 7) is 4.83. The number of methoxy groups -OCH3 is 1. The van der Waals surface area contributed by atoms with Gasteiger partial charge in [-0.25, -0.2) is 0 Å². The standard InChI is InChI=1S/C11H21N3O2S/c1-3-9-8-14-11(17-9)13-5-4-10(15)12-6-7-16-2/h9H,3-8H2,1-2H3,(H,12,15)(H,13,14). The van der Waals surface area contributed by atoms with E-state index in [2.05, 4.69) is 22.5 Å². The van der Waals surface area contributed by atoms with Gasteiger partial charge in [-0.15, -0.1) is 0 Å². The monoisotopic (exact) mass is 259 g/mol. The molecule has 1 aliphatic rings. The van der Waals surface area contributed by atoms with Gasteiger partial charge < -0.3 is 15.4 Å². The molecule has 0 aliphatic carbocycles. The number of thioether (sulfide) groups is 1. The smallest absolute Gasteiger partial charge is 0.221 e. The molecule has 0 spiro atoms. The van der Waals surface area contributed by atoms with Gasteiger partial charge in [0.2, 0.25) is 5.91 Å². The Labute approximate surface area is 107 Å². The van der Waals surface area contributed by atoms with Gasteiger partial charge in [-0.1, -0.05) is 18.7 Å². The Morgan fingerprint density at radius 3 is 3.06 bits per heavy atom. The average Bonchev–Trinajstić information content (AvgIpc) is 2.77. The first-order valence-electron chi connectivity index (χ1n) is 5.96. The second-order valence-corrected chi connectivity index (χ2v) is 5.10. The Hall–Kier alpha value is -0.750. The highest BCUT2D eigenvalue weighted by molar-refractivity contribution is 8.14. The molecule has 2 N–H and O–H groups in total. The number of carbonyl (C=O) groups is 1. The summed E-state index contributed by atoms with van der Waals surface area (Å²) in [5.41, 5.74) is 0. The second kappa shape index (κ2) is 8.36. The number of carbonyl (C=O) groups excluding carboxylic acids is 1. The zero-order chi connectivity index (χ0) is 12.5. The minimum absolute atomic E-state index is 0.0465. The van der Waals surface area contributed by atoms with E-state index in [1.165, 1.54) is 0 Å². The van der Waals surface area contributed by atoms with Crippen molar-refractivity contribution in [1.82, 2.24) is 10.6 Å². The number of amidine groups is 1. The van der Waals surface area contributed by atoms with Gasteiger partial charge in [0.15, 0.2) is 5.17 Å². The molecule has 6 heteroatoms. The number of ether oxygens (including phenoxy) is 1. The van der Waals surface area contributed by atoms with E-state index in [-0.39, 0.29) is 5.91 Å². The molecular weight excluding hydrogens is 238 g/mol. The van der Waals surface area contributed by atoms with Crippen molar-refractivity contribution in [3.8, 4) is 0 Å². The highest BCUT2D eigenvalue weighted by Gasteiger charge is 2.17. The molecule has 0 aromatic heterocycles. The number of hydrogen-bond donors (Lipinski definition) is 2. The van der Waals surface area contributed by atoms with E-state index in [1.54, 1.807) is 18.9 Å². The van der Waals surface area contributed by atoms with Gasteiger partial charge >= 0.3 is 0 Å². The minimum Gasteiger partial charge on any atom is -0.383 e. The number of rotatable bonds is 7. The van der Waals surface area contributed by atoms with Gasteiger partial charge in [0.05, 0.1) is 13.2 Å². The van der Waals surface area contributed by atoms with Crippen LogP contribution in [0.2, 0.25) is 0 Å². The number of amides is 1. The molecule has 17 heavy (non-hydrogen) atoms. The van der Waals surface area contributed by atoms with Gasteiger partial charge in [0.1, 0.15) is 0 Å². The van der Waals surface area contributed by atoms with Crippen molar-refractivity contribution in [1.29, 1.82) is 0 Å². The van der Waals surface area contributed by atoms with Gasteiger partial charge in [0.25, 0.3) is 0 Å². The van der Waals surface area contributed by atoms with Crippen LogP contribution in [0.4, 0.5) is 0 Å². The lowest BCUT2D eigenvalue weighted by Gasteiger charge is -2.07. The van der Waals surface area contributed by atoms with Crippen LogP contribution >= 0.6 is 11.8 Å². The van der Waals surface area contributed by atoms with Crippen molar-refractivity contribution in [3.63, 3.8) is 0 Å². The van der Waals surface area contributed by atoms with Crippen LogP contribution in [0.25, 0.3) is 0 Å². The van der Waals surface area contributed by atoms with Crippen LogP contribution in [0.15, 0.2) is 4.99 Å². The zero-order valence-corrected chi connectivity index (χ0v) is 11.3. The maximum absolute atomic E-state index is 11.4. The molecule has 1 rings (SSSR count). The van der Waals surface area contributed by atoms with Crippen LogP contribution < -0.4 is 10.6 Å². The van der Waals surface area contributed by atoms with E-state index in [0.717, 1.165) is 18.1 Å². The topological polar surface area (TPSA) is 62.7 Å². The van der Waals surface area contributed by atoms with E-state index in [4.69, 9.17) is 4.74 Å². The average molecular weight is 259 g/mol. The van der Waals surface area contributed by atoms with Crippen molar-refractivity contribution < 1.29 is 9.53 Å². The molecular formula is C11H21N3O2S. The van der Waals surface area contributed by atoms with Gasteiger partial charge in [-0.2, -0.15) is 0 Å². The van der Waals surface area contributed by atoms with E-state index in [1.807, 2.05) is 0 Å². The highest BCUT2D eigenvalue weighted by atomic mass is 32.2. The Bertz CT molecular complexity index is 271. The van der Waals surface area contributed by atoms with Crippen LogP contribution in [0.5, 0.6) is 0 Å². The van der Waals surface area contributed by atoms with Crippen molar-refractivity contribution in [2.24, 2.45) is 4.99 Å². The summed E-state index contributed by atoms with van der Waals surface area (Å²) < 4.78 is 4.85. The maximum atomic E-state index is 11.4. The van der Waals surface area contributed by atoms with Gasteiger partial charge in [0, 0.05) is 31.9 Å². The summed E-state index contributed by atoms with van der Waals surface area (Å²) in [7, 11) is 1.62. The lowest BCUT2D eigenvalue weighted by molar-refractivity contribution is -0.121. The van der Waals surface area contributed by atoms with Gasteiger partial charge in [-0.05, 0) is 6.42 Å². The van der Waals surface area contributed by atoms with Crippen LogP contribution in [0.3, 0.4) is 0 Å². The van der Waals surface area contributed by atoms with Gasteiger partial charge in [-0.3, -0.25) is 9.79 Å². The molecule has 1 amide bonds. The summed E-state index contributed by atoms with van der Waals surface area (Å²) >= 11 is 1.77. The van der Waals surface area contributed by atoms with E-state index in [9.17, 15) is 4.79 Å². The normalized spacial score (nSPS) is 18.9. The lowest BCUT2D eigenvalue weighted by atomic mass is 10.3. The quantitative estimate of drug-likeness (QED) is 0.658. The van der Waals surface area contributed by atoms with Crippen LogP contribution in [0, 0.1) is 0 Å². The molecule has 1 atom stereocenters. The zero-order valence-electron chi connectivity index (χ0n) is 10.5. The fourth-order valence-electron chi connectivity index (χ4n) is 1.39. The lowest BCUT2D eigenvalue weighted by Crippen LogP contribution is -2.31. The third-order valence-electron chi connectivity index (χ3n) is 2.43. The molecule has 5 nitrogen and oxygen atoms in total. The fourth-order valence-corrected chi connectivity index (χ4v) is 2.36. The first-order valence-corrected chi connectivity index (χ1v) is 6.84. The first-order chi connectivity index (χ1) is 8.26. The summed E-state index contributed by atoms with van der Waals surface area (Å²) in [6.07, 6.45) is 1.61. The Morgan fingerprint density at radius 1 is 1.59 bits per heavy atom. The first kappa shape index (κ1) is 14.3. The molecule has 0 bridgehead atoms. The predicted molar refractivity (Wildman–Crippen MR) is 71.5 cm³/mol. The molecule has 0 saturated carbocycles. The third-order valence-corrected chi connectivity index (χ3v) is 3.74. The Kier molecular flexibility index (Phi) is 7.04. The molecule has 0 fully saturated rings. The fraction of sp³-hybridized carbons (Fsp3) is 0.818. The minimum atomic E-state index is 0.0465. The van der Waals surface area contributed by atoms with E-state index >= 15 is 0 Å². The summed E-state index contributed by atoms with van der Waals surface area (Å²) in [5.74, 6) is 0.0465. The molecule has 98 valence electrons. The molecule has 0 aromatic rings. The van der Waals surface area contributed by atoms with Crippen LogP contribution in [-0.4, -0.2) is 49.7 Å². The molecule has 0 radical (unpaired) electrons. The van der Waals surface area contributed by atoms with Crippen molar-refractivity contribution in [3.05, 3.63) is 0 Å². The molecule has 0 aromatic carbocycles. The van der Waals surface area contributed by atoms with E-state index in [0.29, 0.717) is 31.4 Å².